The van der Waals surface area contributed by atoms with Gasteiger partial charge < -0.3 is 25.0 Å². The van der Waals surface area contributed by atoms with Crippen molar-refractivity contribution in [1.82, 2.24) is 34.2 Å². The summed E-state index contributed by atoms with van der Waals surface area (Å²) in [5.41, 5.74) is 10.1. The van der Waals surface area contributed by atoms with Gasteiger partial charge >= 0.3 is 12.1 Å². The van der Waals surface area contributed by atoms with Crippen molar-refractivity contribution in [3.05, 3.63) is 66.7 Å². The molecule has 0 spiro atoms. The van der Waals surface area contributed by atoms with Crippen molar-refractivity contribution >= 4 is 33.7 Å². The number of hydrogen-bond acceptors (Lipinski definition) is 9. The number of fused-ring (bicyclic) bond motifs is 2. The zero-order valence-corrected chi connectivity index (χ0v) is 27.1. The van der Waals surface area contributed by atoms with E-state index in [0.717, 1.165) is 99.7 Å². The summed E-state index contributed by atoms with van der Waals surface area (Å²) < 4.78 is 41.9. The second-order valence-electron chi connectivity index (χ2n) is 12.2. The number of nitrogens with two attached hydrogens (primary N) is 1. The molecule has 0 atom stereocenters. The molecular weight excluding hydrogens is 639 g/mol. The van der Waals surface area contributed by atoms with E-state index in [2.05, 4.69) is 60.6 Å². The smallest absolute Gasteiger partial charge is 0.475 e. The number of nitrogens with zero attached hydrogens (tertiary/aromatic N) is 8. The monoisotopic (exact) mass is 679 g/mol. The maximum absolute atomic E-state index is 10.6. The Morgan fingerprint density at radius 1 is 1.02 bits per heavy atom. The van der Waals surface area contributed by atoms with Crippen LogP contribution in [0.25, 0.3) is 33.3 Å². The van der Waals surface area contributed by atoms with Gasteiger partial charge in [-0.3, -0.25) is 9.88 Å². The highest BCUT2D eigenvalue weighted by atomic mass is 19.4. The number of unbranched alkanes of at least 4 members (excludes halogenated alkanes) is 1. The summed E-state index contributed by atoms with van der Waals surface area (Å²) in [7, 11) is 0. The van der Waals surface area contributed by atoms with Crippen LogP contribution in [0.4, 0.5) is 19.0 Å². The summed E-state index contributed by atoms with van der Waals surface area (Å²) >= 11 is 0. The van der Waals surface area contributed by atoms with Crippen LogP contribution >= 0.6 is 0 Å². The highest BCUT2D eigenvalue weighted by Gasteiger charge is 2.38. The number of piperidine rings is 1. The number of morpholine rings is 1. The third-order valence-corrected chi connectivity index (χ3v) is 8.90. The van der Waals surface area contributed by atoms with Gasteiger partial charge in [-0.1, -0.05) is 6.07 Å². The van der Waals surface area contributed by atoms with E-state index in [1.165, 1.54) is 16.5 Å². The van der Waals surface area contributed by atoms with E-state index in [1.54, 1.807) is 0 Å². The van der Waals surface area contributed by atoms with Gasteiger partial charge in [0.2, 0.25) is 0 Å². The number of hydrogen-bond donors (Lipinski definition) is 2. The Kier molecular flexibility index (Phi) is 10.7. The van der Waals surface area contributed by atoms with Gasteiger partial charge in [-0.05, 0) is 68.1 Å². The number of ether oxygens (including phenoxy) is 1. The summed E-state index contributed by atoms with van der Waals surface area (Å²) in [6.07, 6.45) is 7.04. The van der Waals surface area contributed by atoms with Gasteiger partial charge in [0.25, 0.3) is 0 Å². The minimum absolute atomic E-state index is 0.304. The Bertz CT molecular complexity index is 1850. The topological polar surface area (TPSA) is 140 Å². The fraction of sp³-hybridized carbons (Fsp3) is 0.441. The van der Waals surface area contributed by atoms with E-state index in [4.69, 9.17) is 35.4 Å². The second kappa shape index (κ2) is 15.3. The van der Waals surface area contributed by atoms with E-state index in [-0.39, 0.29) is 0 Å². The number of aromatic nitrogens is 6. The lowest BCUT2D eigenvalue weighted by molar-refractivity contribution is -0.192. The van der Waals surface area contributed by atoms with Crippen LogP contribution in [0, 0.1) is 0 Å². The van der Waals surface area contributed by atoms with Gasteiger partial charge in [0.15, 0.2) is 11.5 Å². The van der Waals surface area contributed by atoms with E-state index in [0.29, 0.717) is 19.3 Å². The maximum Gasteiger partial charge on any atom is 0.490 e. The van der Waals surface area contributed by atoms with Crippen LogP contribution in [0.5, 0.6) is 0 Å². The summed E-state index contributed by atoms with van der Waals surface area (Å²) in [6, 6.07) is 13.2. The predicted molar refractivity (Wildman–Crippen MR) is 179 cm³/mol. The predicted octanol–water partition coefficient (Wildman–Crippen LogP) is 4.89. The Balaban J connectivity index is 0.000000540. The molecule has 7 rings (SSSR count). The first-order valence-electron chi connectivity index (χ1n) is 16.5. The normalized spacial score (nSPS) is 16.2. The Morgan fingerprint density at radius 2 is 1.80 bits per heavy atom. The van der Waals surface area contributed by atoms with Crippen LogP contribution < -0.4 is 10.6 Å². The van der Waals surface area contributed by atoms with Crippen molar-refractivity contribution in [2.75, 3.05) is 50.8 Å². The zero-order chi connectivity index (χ0) is 34.4. The number of carboxylic acid groups (broad SMARTS) is 1. The molecule has 2 saturated heterocycles. The van der Waals surface area contributed by atoms with Crippen molar-refractivity contribution in [2.45, 2.75) is 51.0 Å². The number of anilines is 1. The number of aliphatic carboxylic acids is 1. The molecule has 2 aliphatic heterocycles. The van der Waals surface area contributed by atoms with Crippen LogP contribution in [0.2, 0.25) is 0 Å². The number of carbonyl (C=O) groups is 1. The first-order valence-corrected chi connectivity index (χ1v) is 16.5. The van der Waals surface area contributed by atoms with Gasteiger partial charge in [0.05, 0.1) is 30.8 Å². The largest absolute Gasteiger partial charge is 0.490 e. The van der Waals surface area contributed by atoms with Gasteiger partial charge in [-0.25, -0.2) is 19.4 Å². The molecule has 4 aromatic heterocycles. The average molecular weight is 680 g/mol. The highest BCUT2D eigenvalue weighted by Crippen LogP contribution is 2.33. The molecule has 0 bridgehead atoms. The van der Waals surface area contributed by atoms with E-state index in [1.807, 2.05) is 24.7 Å². The van der Waals surface area contributed by atoms with E-state index < -0.39 is 12.1 Å². The van der Waals surface area contributed by atoms with Crippen LogP contribution in [-0.2, 0) is 22.6 Å². The van der Waals surface area contributed by atoms with E-state index >= 15 is 0 Å². The molecule has 0 aliphatic carbocycles. The van der Waals surface area contributed by atoms with Crippen molar-refractivity contribution in [1.29, 1.82) is 0 Å². The van der Waals surface area contributed by atoms with Crippen LogP contribution in [0.3, 0.4) is 0 Å². The van der Waals surface area contributed by atoms with Gasteiger partial charge in [-0.2, -0.15) is 18.3 Å². The fourth-order valence-corrected chi connectivity index (χ4v) is 6.36. The molecule has 0 saturated carbocycles. The van der Waals surface area contributed by atoms with Crippen molar-refractivity contribution < 1.29 is 27.8 Å². The molecule has 1 aromatic carbocycles. The third kappa shape index (κ3) is 8.17. The van der Waals surface area contributed by atoms with Crippen LogP contribution in [-0.4, -0.2) is 97.4 Å². The summed E-state index contributed by atoms with van der Waals surface area (Å²) in [6.45, 7) is 7.72. The Labute approximate surface area is 281 Å². The molecular formula is C34H40F3N9O3. The van der Waals surface area contributed by atoms with Crippen LogP contribution in [0.15, 0.2) is 61.2 Å². The lowest BCUT2D eigenvalue weighted by atomic mass is 10.0. The summed E-state index contributed by atoms with van der Waals surface area (Å²) in [5, 5.41) is 14.3. The Hall–Kier alpha value is -4.60. The van der Waals surface area contributed by atoms with Crippen molar-refractivity contribution in [3.63, 3.8) is 0 Å². The van der Waals surface area contributed by atoms with Crippen molar-refractivity contribution in [3.8, 4) is 11.4 Å². The number of alkyl halides is 3. The number of carboxylic acids is 1. The molecule has 0 amide bonds. The van der Waals surface area contributed by atoms with Gasteiger partial charge in [0, 0.05) is 74.3 Å². The molecule has 0 radical (unpaired) electrons. The lowest BCUT2D eigenvalue weighted by Gasteiger charge is -2.32. The van der Waals surface area contributed by atoms with E-state index in [9.17, 15) is 13.2 Å². The Morgan fingerprint density at radius 3 is 2.49 bits per heavy atom. The maximum atomic E-state index is 10.6. The third-order valence-electron chi connectivity index (χ3n) is 8.90. The standard InChI is InChI=1S/C32H39N9O.C2HF3O2/c33-10-1-2-12-39-15-7-25-20-26(5-6-29(25)39)30-36-31(40-16-18-42-19-17-40)28-22-35-41(32(28)37-30)27-8-13-38(14-9-27)23-24-4-3-11-34-21-24;3-2(4,5)1(6)7/h3-7,11,15,20-22,27H,1-2,8-10,12-14,16-19,23,33H2;(H,6,7). The molecule has 6 heterocycles. The van der Waals surface area contributed by atoms with Gasteiger partial charge in [-0.15, -0.1) is 0 Å². The van der Waals surface area contributed by atoms with Gasteiger partial charge in [0.1, 0.15) is 5.82 Å². The molecule has 2 aliphatic rings. The molecule has 49 heavy (non-hydrogen) atoms. The summed E-state index contributed by atoms with van der Waals surface area (Å²) in [5.74, 6) is -1.05. The molecule has 0 unspecified atom stereocenters. The van der Waals surface area contributed by atoms with Crippen LogP contribution in [0.1, 0.15) is 37.3 Å². The molecule has 3 N–H and O–H groups in total. The number of likely N-dealkylation sites (tertiary alicyclic amines) is 1. The zero-order valence-electron chi connectivity index (χ0n) is 27.1. The molecule has 2 fully saturated rings. The first-order chi connectivity index (χ1) is 23.7. The number of aryl methyl sites for hydroxylation is 1. The highest BCUT2D eigenvalue weighted by molar-refractivity contribution is 5.90. The SMILES string of the molecule is NCCCCn1ccc2cc(-c3nc(N4CCOCC4)c4cnn(C5CCN(Cc6cccnc6)CC5)c4n3)ccc21.O=C(O)C(F)(F)F. The summed E-state index contributed by atoms with van der Waals surface area (Å²) in [4.78, 5) is 28.4. The second-order valence-corrected chi connectivity index (χ2v) is 12.2. The van der Waals surface area contributed by atoms with Crippen molar-refractivity contribution in [2.24, 2.45) is 5.73 Å². The minimum atomic E-state index is -5.08. The number of rotatable bonds is 9. The molecule has 12 nitrogen and oxygen atoms in total. The number of benzene rings is 1. The average Bonchev–Trinajstić information content (AvgIpc) is 3.73. The first kappa shape index (κ1) is 34.3. The fourth-order valence-electron chi connectivity index (χ4n) is 6.36. The molecule has 260 valence electrons. The minimum Gasteiger partial charge on any atom is -0.475 e. The number of halogens is 3. The molecule has 5 aromatic rings. The quantitative estimate of drug-likeness (QED) is 0.207. The number of pyridine rings is 1. The molecule has 15 heteroatoms. The lowest BCUT2D eigenvalue weighted by Crippen LogP contribution is -2.37.